The topological polar surface area (TPSA) is 100 Å². The molecule has 0 radical (unpaired) electrons. The van der Waals surface area contributed by atoms with E-state index < -0.39 is 15.6 Å². The first kappa shape index (κ1) is 20.9. The molecule has 0 aliphatic rings. The summed E-state index contributed by atoms with van der Waals surface area (Å²) in [5, 5.41) is 5.46. The van der Waals surface area contributed by atoms with Gasteiger partial charge in [-0.05, 0) is 62.3 Å². The molecule has 0 saturated heterocycles. The van der Waals surface area contributed by atoms with Crippen molar-refractivity contribution in [1.29, 1.82) is 0 Å². The van der Waals surface area contributed by atoms with Gasteiger partial charge < -0.3 is 15.1 Å². The van der Waals surface area contributed by atoms with Gasteiger partial charge in [-0.15, -0.1) is 0 Å². The molecule has 27 heavy (non-hydrogen) atoms. The zero-order valence-corrected chi connectivity index (χ0v) is 17.3. The number of aryl methyl sites for hydroxylation is 1. The zero-order chi connectivity index (χ0) is 20.2. The normalized spacial score (nSPS) is 11.7. The predicted molar refractivity (Wildman–Crippen MR) is 107 cm³/mol. The Morgan fingerprint density at radius 3 is 2.56 bits per heavy atom. The van der Waals surface area contributed by atoms with Crippen LogP contribution in [0.15, 0.2) is 45.9 Å². The van der Waals surface area contributed by atoms with Crippen LogP contribution in [-0.4, -0.2) is 26.5 Å². The minimum Gasteiger partial charge on any atom is -0.467 e. The maximum Gasteiger partial charge on any atom is 0.263 e. The number of furan rings is 1. The number of rotatable bonds is 6. The quantitative estimate of drug-likeness (QED) is 0.631. The maximum absolute atomic E-state index is 12.5. The minimum atomic E-state index is -3.83. The Bertz CT molecular complexity index is 936. The van der Waals surface area contributed by atoms with E-state index in [0.29, 0.717) is 16.9 Å². The molecule has 1 heterocycles. The average molecular weight is 410 g/mol. The van der Waals surface area contributed by atoms with E-state index in [1.807, 2.05) is 13.8 Å². The van der Waals surface area contributed by atoms with E-state index in [1.165, 1.54) is 13.1 Å². The molecule has 0 atom stereocenters. The summed E-state index contributed by atoms with van der Waals surface area (Å²) in [6.45, 7) is 5.34. The van der Waals surface area contributed by atoms with Crippen LogP contribution in [0.2, 0.25) is 0 Å². The summed E-state index contributed by atoms with van der Waals surface area (Å²) >= 11 is 4.87. The SMILES string of the molecule is CNC(=S)NS(=O)(=O)c1cc(CC(=O)NC(C)(C)c2ccco2)ccc1C. The van der Waals surface area contributed by atoms with Gasteiger partial charge in [0.05, 0.1) is 23.1 Å². The molecule has 0 aliphatic carbocycles. The third-order valence-electron chi connectivity index (χ3n) is 3.95. The first-order valence-corrected chi connectivity index (χ1v) is 10.1. The number of carbonyl (C=O) groups excluding carboxylic acids is 1. The van der Waals surface area contributed by atoms with Crippen molar-refractivity contribution in [2.24, 2.45) is 0 Å². The van der Waals surface area contributed by atoms with Crippen molar-refractivity contribution in [1.82, 2.24) is 15.4 Å². The molecule has 0 aliphatic heterocycles. The van der Waals surface area contributed by atoms with Gasteiger partial charge >= 0.3 is 0 Å². The van der Waals surface area contributed by atoms with Crippen molar-refractivity contribution in [3.05, 3.63) is 53.5 Å². The van der Waals surface area contributed by atoms with E-state index in [0.717, 1.165) is 0 Å². The van der Waals surface area contributed by atoms with Crippen molar-refractivity contribution in [2.75, 3.05) is 7.05 Å². The summed E-state index contributed by atoms with van der Waals surface area (Å²) in [5.41, 5.74) is 0.450. The summed E-state index contributed by atoms with van der Waals surface area (Å²) < 4.78 is 32.6. The van der Waals surface area contributed by atoms with E-state index >= 15 is 0 Å². The number of carbonyl (C=O) groups is 1. The largest absolute Gasteiger partial charge is 0.467 e. The van der Waals surface area contributed by atoms with Crippen LogP contribution in [0, 0.1) is 6.92 Å². The number of hydrogen-bond acceptors (Lipinski definition) is 5. The molecule has 1 amide bonds. The van der Waals surface area contributed by atoms with E-state index in [1.54, 1.807) is 37.5 Å². The van der Waals surface area contributed by atoms with Crippen LogP contribution in [-0.2, 0) is 26.8 Å². The zero-order valence-electron chi connectivity index (χ0n) is 15.6. The second kappa shape index (κ2) is 8.10. The van der Waals surface area contributed by atoms with Crippen molar-refractivity contribution in [2.45, 2.75) is 37.6 Å². The number of thiocarbonyl (C=S) groups is 1. The minimum absolute atomic E-state index is 0.00209. The molecule has 1 aromatic carbocycles. The lowest BCUT2D eigenvalue weighted by molar-refractivity contribution is -0.122. The van der Waals surface area contributed by atoms with Gasteiger partial charge in [0.25, 0.3) is 10.0 Å². The first-order valence-electron chi connectivity index (χ1n) is 8.24. The highest BCUT2D eigenvalue weighted by molar-refractivity contribution is 7.91. The van der Waals surface area contributed by atoms with E-state index in [-0.39, 0.29) is 22.3 Å². The summed E-state index contributed by atoms with van der Waals surface area (Å²) in [4.78, 5) is 12.5. The Morgan fingerprint density at radius 1 is 1.26 bits per heavy atom. The van der Waals surface area contributed by atoms with Crippen LogP contribution in [0.4, 0.5) is 0 Å². The average Bonchev–Trinajstić information content (AvgIpc) is 3.11. The lowest BCUT2D eigenvalue weighted by Gasteiger charge is -2.24. The standard InChI is InChI=1S/C18H23N3O4S2/c1-12-7-8-13(10-14(12)27(23,24)21-17(26)19-4)11-16(22)20-18(2,3)15-6-5-9-25-15/h5-10H,11H2,1-4H3,(H,20,22)(H2,19,21,26). The molecule has 1 aromatic heterocycles. The van der Waals surface area contributed by atoms with Gasteiger partial charge in [-0.25, -0.2) is 8.42 Å². The smallest absolute Gasteiger partial charge is 0.263 e. The van der Waals surface area contributed by atoms with Gasteiger partial charge in [-0.3, -0.25) is 9.52 Å². The van der Waals surface area contributed by atoms with Crippen LogP contribution in [0.25, 0.3) is 0 Å². The fourth-order valence-corrected chi connectivity index (χ4v) is 4.13. The van der Waals surface area contributed by atoms with E-state index in [9.17, 15) is 13.2 Å². The Hall–Kier alpha value is -2.39. The highest BCUT2D eigenvalue weighted by Gasteiger charge is 2.26. The van der Waals surface area contributed by atoms with Gasteiger partial charge in [-0.1, -0.05) is 12.1 Å². The van der Waals surface area contributed by atoms with Gasteiger partial charge in [0.2, 0.25) is 5.91 Å². The van der Waals surface area contributed by atoms with Crippen molar-refractivity contribution in [3.8, 4) is 0 Å². The highest BCUT2D eigenvalue weighted by atomic mass is 32.2. The molecule has 0 spiro atoms. The van der Waals surface area contributed by atoms with Crippen molar-refractivity contribution >= 4 is 33.3 Å². The Morgan fingerprint density at radius 2 is 1.96 bits per heavy atom. The second-order valence-electron chi connectivity index (χ2n) is 6.61. The van der Waals surface area contributed by atoms with Crippen LogP contribution in [0.1, 0.15) is 30.7 Å². The molecule has 0 saturated carbocycles. The molecular weight excluding hydrogens is 386 g/mol. The van der Waals surface area contributed by atoms with E-state index in [4.69, 9.17) is 16.6 Å². The van der Waals surface area contributed by atoms with Crippen LogP contribution in [0.3, 0.4) is 0 Å². The second-order valence-corrected chi connectivity index (χ2v) is 8.67. The molecule has 2 aromatic rings. The summed E-state index contributed by atoms with van der Waals surface area (Å²) in [7, 11) is -2.30. The number of nitrogens with one attached hydrogen (secondary N) is 3. The molecule has 0 unspecified atom stereocenters. The van der Waals surface area contributed by atoms with Crippen molar-refractivity contribution in [3.63, 3.8) is 0 Å². The molecule has 146 valence electrons. The van der Waals surface area contributed by atoms with Crippen LogP contribution in [0.5, 0.6) is 0 Å². The Kier molecular flexibility index (Phi) is 6.27. The molecule has 0 bridgehead atoms. The highest BCUT2D eigenvalue weighted by Crippen LogP contribution is 2.21. The summed E-state index contributed by atoms with van der Waals surface area (Å²) in [5.74, 6) is 0.384. The number of hydrogen-bond donors (Lipinski definition) is 3. The number of benzene rings is 1. The predicted octanol–water partition coefficient (Wildman–Crippen LogP) is 1.96. The van der Waals surface area contributed by atoms with E-state index in [2.05, 4.69) is 15.4 Å². The molecule has 2 rings (SSSR count). The van der Waals surface area contributed by atoms with Crippen LogP contribution >= 0.6 is 12.2 Å². The molecular formula is C18H23N3O4S2. The summed E-state index contributed by atoms with van der Waals surface area (Å²) in [6, 6.07) is 8.41. The van der Waals surface area contributed by atoms with Crippen LogP contribution < -0.4 is 15.4 Å². The molecule has 3 N–H and O–H groups in total. The third-order valence-corrected chi connectivity index (χ3v) is 5.88. The van der Waals surface area contributed by atoms with Crippen molar-refractivity contribution < 1.29 is 17.6 Å². The fourth-order valence-electron chi connectivity index (χ4n) is 2.55. The van der Waals surface area contributed by atoms with Gasteiger partial charge in [0, 0.05) is 7.05 Å². The molecule has 7 nitrogen and oxygen atoms in total. The van der Waals surface area contributed by atoms with Gasteiger partial charge in [-0.2, -0.15) is 0 Å². The Labute approximate surface area is 164 Å². The summed E-state index contributed by atoms with van der Waals surface area (Å²) in [6.07, 6.45) is 1.58. The number of sulfonamides is 1. The monoisotopic (exact) mass is 409 g/mol. The maximum atomic E-state index is 12.5. The molecule has 0 fully saturated rings. The Balaban J connectivity index is 2.18. The lowest BCUT2D eigenvalue weighted by atomic mass is 10.0. The fraction of sp³-hybridized carbons (Fsp3) is 0.333. The lowest BCUT2D eigenvalue weighted by Crippen LogP contribution is -2.41. The number of amides is 1. The first-order chi connectivity index (χ1) is 12.5. The van der Waals surface area contributed by atoms with Gasteiger partial charge in [0.15, 0.2) is 5.11 Å². The third kappa shape index (κ3) is 5.30. The molecule has 9 heteroatoms. The van der Waals surface area contributed by atoms with Gasteiger partial charge in [0.1, 0.15) is 5.76 Å².